The molecular formula is C14H21N5O. The van der Waals surface area contributed by atoms with Gasteiger partial charge in [0.05, 0.1) is 12.0 Å². The minimum Gasteiger partial charge on any atom is -0.356 e. The van der Waals surface area contributed by atoms with Crippen molar-refractivity contribution in [2.24, 2.45) is 0 Å². The molecule has 20 heavy (non-hydrogen) atoms. The van der Waals surface area contributed by atoms with Gasteiger partial charge in [0, 0.05) is 44.0 Å². The monoisotopic (exact) mass is 275 g/mol. The van der Waals surface area contributed by atoms with E-state index in [4.69, 9.17) is 0 Å². The summed E-state index contributed by atoms with van der Waals surface area (Å²) in [5.74, 6) is 0.0793. The summed E-state index contributed by atoms with van der Waals surface area (Å²) in [6.45, 7) is 5.58. The molecule has 0 atom stereocenters. The van der Waals surface area contributed by atoms with Crippen LogP contribution in [0.15, 0.2) is 18.7 Å². The second-order valence-corrected chi connectivity index (χ2v) is 4.92. The van der Waals surface area contributed by atoms with Gasteiger partial charge in [-0.15, -0.1) is 0 Å². The Morgan fingerprint density at radius 2 is 2.30 bits per heavy atom. The minimum absolute atomic E-state index is 0.0793. The van der Waals surface area contributed by atoms with E-state index < -0.39 is 0 Å². The molecule has 0 fully saturated rings. The molecule has 0 aromatic carbocycles. The van der Waals surface area contributed by atoms with Crippen LogP contribution in [0.2, 0.25) is 0 Å². The lowest BCUT2D eigenvalue weighted by Crippen LogP contribution is -2.25. The van der Waals surface area contributed by atoms with Crippen LogP contribution in [0.3, 0.4) is 0 Å². The van der Waals surface area contributed by atoms with E-state index in [1.165, 1.54) is 0 Å². The van der Waals surface area contributed by atoms with Gasteiger partial charge in [-0.2, -0.15) is 5.10 Å². The molecule has 1 amide bonds. The number of hydrogen-bond acceptors (Lipinski definition) is 3. The summed E-state index contributed by atoms with van der Waals surface area (Å²) >= 11 is 0. The molecular weight excluding hydrogens is 254 g/mol. The number of imidazole rings is 1. The molecule has 0 aliphatic rings. The van der Waals surface area contributed by atoms with Gasteiger partial charge >= 0.3 is 0 Å². The van der Waals surface area contributed by atoms with Gasteiger partial charge in [0.15, 0.2) is 0 Å². The molecule has 0 aliphatic heterocycles. The van der Waals surface area contributed by atoms with E-state index in [1.807, 2.05) is 24.6 Å². The van der Waals surface area contributed by atoms with Crippen LogP contribution >= 0.6 is 0 Å². The first-order valence-corrected chi connectivity index (χ1v) is 6.89. The summed E-state index contributed by atoms with van der Waals surface area (Å²) in [4.78, 5) is 15.7. The fourth-order valence-electron chi connectivity index (χ4n) is 2.01. The van der Waals surface area contributed by atoms with Gasteiger partial charge in [-0.3, -0.25) is 9.89 Å². The number of aromatic amines is 1. The first-order chi connectivity index (χ1) is 9.66. The number of hydrogen-bond donors (Lipinski definition) is 2. The first kappa shape index (κ1) is 14.3. The van der Waals surface area contributed by atoms with Crippen LogP contribution in [0.4, 0.5) is 0 Å². The lowest BCUT2D eigenvalue weighted by molar-refractivity contribution is -0.121. The quantitative estimate of drug-likeness (QED) is 0.749. The van der Waals surface area contributed by atoms with Crippen molar-refractivity contribution in [2.45, 2.75) is 39.7 Å². The van der Waals surface area contributed by atoms with Crippen LogP contribution in [0.25, 0.3) is 0 Å². The molecule has 0 saturated carbocycles. The fourth-order valence-corrected chi connectivity index (χ4v) is 2.01. The summed E-state index contributed by atoms with van der Waals surface area (Å²) < 4.78 is 2.00. The smallest absolute Gasteiger partial charge is 0.220 e. The van der Waals surface area contributed by atoms with Gasteiger partial charge in [-0.05, 0) is 25.8 Å². The number of amides is 1. The topological polar surface area (TPSA) is 75.6 Å². The van der Waals surface area contributed by atoms with Crippen molar-refractivity contribution in [3.63, 3.8) is 0 Å². The molecule has 0 radical (unpaired) electrons. The van der Waals surface area contributed by atoms with E-state index in [1.54, 1.807) is 12.5 Å². The molecule has 0 bridgehead atoms. The lowest BCUT2D eigenvalue weighted by atomic mass is 10.1. The van der Waals surface area contributed by atoms with Crippen molar-refractivity contribution in [1.82, 2.24) is 25.1 Å². The number of rotatable bonds is 7. The molecule has 0 saturated heterocycles. The van der Waals surface area contributed by atoms with Crippen molar-refractivity contribution >= 4 is 5.91 Å². The standard InChI is InChI=1S/C14H21N5O/c1-11-12(2)17-18-13(11)4-5-14(20)16-6-3-8-19-9-7-15-10-19/h7,9-10H,3-6,8H2,1-2H3,(H,16,20)(H,17,18). The Labute approximate surface area is 118 Å². The van der Waals surface area contributed by atoms with Crippen LogP contribution in [0.5, 0.6) is 0 Å². The third-order valence-corrected chi connectivity index (χ3v) is 3.42. The van der Waals surface area contributed by atoms with Crippen LogP contribution in [0.1, 0.15) is 29.8 Å². The highest BCUT2D eigenvalue weighted by Crippen LogP contribution is 2.10. The van der Waals surface area contributed by atoms with E-state index in [0.717, 1.165) is 29.9 Å². The van der Waals surface area contributed by atoms with E-state index in [-0.39, 0.29) is 5.91 Å². The van der Waals surface area contributed by atoms with Crippen molar-refractivity contribution in [2.75, 3.05) is 6.54 Å². The largest absolute Gasteiger partial charge is 0.356 e. The molecule has 2 heterocycles. The number of aromatic nitrogens is 4. The number of aryl methyl sites for hydroxylation is 3. The van der Waals surface area contributed by atoms with E-state index in [0.29, 0.717) is 19.4 Å². The van der Waals surface area contributed by atoms with Crippen LogP contribution in [-0.4, -0.2) is 32.2 Å². The maximum atomic E-state index is 11.7. The Balaban J connectivity index is 1.62. The molecule has 6 nitrogen and oxygen atoms in total. The highest BCUT2D eigenvalue weighted by molar-refractivity contribution is 5.76. The van der Waals surface area contributed by atoms with Gasteiger partial charge in [0.25, 0.3) is 0 Å². The number of carbonyl (C=O) groups is 1. The van der Waals surface area contributed by atoms with Crippen LogP contribution in [0, 0.1) is 13.8 Å². The summed E-state index contributed by atoms with van der Waals surface area (Å²) in [6, 6.07) is 0. The second-order valence-electron chi connectivity index (χ2n) is 4.92. The fraction of sp³-hybridized carbons (Fsp3) is 0.500. The van der Waals surface area contributed by atoms with Gasteiger partial charge < -0.3 is 9.88 Å². The minimum atomic E-state index is 0.0793. The average Bonchev–Trinajstić information content (AvgIpc) is 3.05. The SMILES string of the molecule is Cc1[nH]nc(CCC(=O)NCCCn2ccnc2)c1C. The predicted octanol–water partition coefficient (Wildman–Crippen LogP) is 1.36. The molecule has 2 aromatic rings. The Kier molecular flexibility index (Phi) is 4.92. The zero-order valence-electron chi connectivity index (χ0n) is 12.0. The Hall–Kier alpha value is -2.11. The molecule has 2 rings (SSSR count). The second kappa shape index (κ2) is 6.88. The zero-order valence-corrected chi connectivity index (χ0v) is 12.0. The zero-order chi connectivity index (χ0) is 14.4. The molecule has 6 heteroatoms. The average molecular weight is 275 g/mol. The summed E-state index contributed by atoms with van der Waals surface area (Å²) in [5.41, 5.74) is 3.20. The molecule has 2 aromatic heterocycles. The van der Waals surface area contributed by atoms with E-state index >= 15 is 0 Å². The van der Waals surface area contributed by atoms with E-state index in [9.17, 15) is 4.79 Å². The maximum absolute atomic E-state index is 11.7. The highest BCUT2D eigenvalue weighted by atomic mass is 16.1. The van der Waals surface area contributed by atoms with E-state index in [2.05, 4.69) is 20.5 Å². The first-order valence-electron chi connectivity index (χ1n) is 6.89. The predicted molar refractivity (Wildman–Crippen MR) is 76.2 cm³/mol. The molecule has 0 aliphatic carbocycles. The van der Waals surface area contributed by atoms with Crippen molar-refractivity contribution in [3.05, 3.63) is 35.7 Å². The number of nitrogens with one attached hydrogen (secondary N) is 2. The Morgan fingerprint density at radius 1 is 1.45 bits per heavy atom. The Morgan fingerprint density at radius 3 is 2.95 bits per heavy atom. The Bertz CT molecular complexity index is 544. The normalized spacial score (nSPS) is 10.7. The highest BCUT2D eigenvalue weighted by Gasteiger charge is 2.08. The molecule has 108 valence electrons. The van der Waals surface area contributed by atoms with Crippen molar-refractivity contribution in [1.29, 1.82) is 0 Å². The molecule has 2 N–H and O–H groups in total. The van der Waals surface area contributed by atoms with Crippen LogP contribution in [-0.2, 0) is 17.8 Å². The van der Waals surface area contributed by atoms with Gasteiger partial charge in [-0.1, -0.05) is 0 Å². The summed E-state index contributed by atoms with van der Waals surface area (Å²) in [5, 5.41) is 10.1. The van der Waals surface area contributed by atoms with Gasteiger partial charge in [0.2, 0.25) is 5.91 Å². The van der Waals surface area contributed by atoms with Gasteiger partial charge in [0.1, 0.15) is 0 Å². The molecule has 0 unspecified atom stereocenters. The third kappa shape index (κ3) is 3.94. The van der Waals surface area contributed by atoms with Crippen molar-refractivity contribution in [3.8, 4) is 0 Å². The summed E-state index contributed by atoms with van der Waals surface area (Å²) in [6.07, 6.45) is 7.53. The number of nitrogens with zero attached hydrogens (tertiary/aromatic N) is 3. The van der Waals surface area contributed by atoms with Crippen LogP contribution < -0.4 is 5.32 Å². The molecule has 0 spiro atoms. The maximum Gasteiger partial charge on any atom is 0.220 e. The number of H-pyrrole nitrogens is 1. The third-order valence-electron chi connectivity index (χ3n) is 3.42. The number of carbonyl (C=O) groups excluding carboxylic acids is 1. The van der Waals surface area contributed by atoms with Crippen molar-refractivity contribution < 1.29 is 4.79 Å². The lowest BCUT2D eigenvalue weighted by Gasteiger charge is -2.05. The van der Waals surface area contributed by atoms with Gasteiger partial charge in [-0.25, -0.2) is 4.98 Å². The summed E-state index contributed by atoms with van der Waals surface area (Å²) in [7, 11) is 0.